The molecule has 2 aromatic rings. The lowest BCUT2D eigenvalue weighted by molar-refractivity contribution is -0.173. The first kappa shape index (κ1) is 33.3. The fraction of sp³-hybridized carbons (Fsp3) is 0.529. The number of esters is 1. The SMILES string of the molecule is CC(C)(C)OC(=O)[C@@]1(C(=O)Nc2ccc3c(c2)CCC3)C[C@@H](C(=O)CCCc2ccccc2)CN1NC(=O)[C@@H](N)CCCN. The minimum Gasteiger partial charge on any atom is -0.458 e. The molecule has 238 valence electrons. The van der Waals surface area contributed by atoms with E-state index < -0.39 is 40.9 Å². The molecule has 6 N–H and O–H groups in total. The van der Waals surface area contributed by atoms with Gasteiger partial charge in [-0.1, -0.05) is 36.4 Å². The molecule has 1 aliphatic heterocycles. The fourth-order valence-electron chi connectivity index (χ4n) is 6.01. The van der Waals surface area contributed by atoms with Gasteiger partial charge >= 0.3 is 5.97 Å². The summed E-state index contributed by atoms with van der Waals surface area (Å²) in [5.41, 5.74) is 15.6. The van der Waals surface area contributed by atoms with Gasteiger partial charge in [0.2, 0.25) is 5.54 Å². The molecular weight excluding hydrogens is 558 g/mol. The Kier molecular flexibility index (Phi) is 10.9. The van der Waals surface area contributed by atoms with Crippen LogP contribution in [0.25, 0.3) is 0 Å². The normalized spacial score (nSPS) is 20.5. The van der Waals surface area contributed by atoms with Crippen LogP contribution in [-0.4, -0.2) is 58.8 Å². The number of nitrogens with two attached hydrogens (primary N) is 2. The zero-order chi connectivity index (χ0) is 31.9. The van der Waals surface area contributed by atoms with E-state index in [1.165, 1.54) is 10.6 Å². The highest BCUT2D eigenvalue weighted by molar-refractivity contribution is 6.14. The van der Waals surface area contributed by atoms with Gasteiger partial charge < -0.3 is 21.5 Å². The molecule has 1 heterocycles. The third-order valence-corrected chi connectivity index (χ3v) is 8.36. The molecule has 4 rings (SSSR count). The summed E-state index contributed by atoms with van der Waals surface area (Å²) in [6.07, 6.45) is 5.30. The number of ether oxygens (including phenoxy) is 1. The summed E-state index contributed by atoms with van der Waals surface area (Å²) in [5.74, 6) is -2.83. The van der Waals surface area contributed by atoms with E-state index in [4.69, 9.17) is 16.2 Å². The van der Waals surface area contributed by atoms with Crippen molar-refractivity contribution in [2.75, 3.05) is 18.4 Å². The third-order valence-electron chi connectivity index (χ3n) is 8.36. The Morgan fingerprint density at radius 1 is 1.05 bits per heavy atom. The molecule has 2 amide bonds. The summed E-state index contributed by atoms with van der Waals surface area (Å²) < 4.78 is 5.81. The van der Waals surface area contributed by atoms with Crippen LogP contribution in [0, 0.1) is 5.92 Å². The first-order valence-electron chi connectivity index (χ1n) is 15.7. The number of nitrogens with zero attached hydrogens (tertiary/aromatic N) is 1. The first-order valence-corrected chi connectivity index (χ1v) is 15.7. The van der Waals surface area contributed by atoms with E-state index >= 15 is 0 Å². The number of amides is 2. The van der Waals surface area contributed by atoms with Crippen LogP contribution in [0.3, 0.4) is 0 Å². The minimum absolute atomic E-state index is 0.0314. The van der Waals surface area contributed by atoms with E-state index in [2.05, 4.69) is 10.7 Å². The summed E-state index contributed by atoms with van der Waals surface area (Å²) in [7, 11) is 0. The van der Waals surface area contributed by atoms with Gasteiger partial charge in [-0.25, -0.2) is 4.79 Å². The number of carbonyl (C=O) groups excluding carboxylic acids is 4. The molecule has 0 bridgehead atoms. The number of hydrogen-bond donors (Lipinski definition) is 4. The number of fused-ring (bicyclic) bond motifs is 1. The summed E-state index contributed by atoms with van der Waals surface area (Å²) in [4.78, 5) is 55.2. The van der Waals surface area contributed by atoms with E-state index in [0.29, 0.717) is 31.5 Å². The van der Waals surface area contributed by atoms with Crippen LogP contribution in [0.4, 0.5) is 5.69 Å². The number of hydrogen-bond acceptors (Lipinski definition) is 8. The smallest absolute Gasteiger partial charge is 0.338 e. The Morgan fingerprint density at radius 3 is 2.48 bits per heavy atom. The van der Waals surface area contributed by atoms with Crippen molar-refractivity contribution in [3.05, 3.63) is 65.2 Å². The summed E-state index contributed by atoms with van der Waals surface area (Å²) in [6.45, 7) is 5.48. The highest BCUT2D eigenvalue weighted by atomic mass is 16.6. The van der Waals surface area contributed by atoms with Gasteiger partial charge in [0, 0.05) is 24.6 Å². The van der Waals surface area contributed by atoms with Crippen molar-refractivity contribution in [1.82, 2.24) is 10.4 Å². The Bertz CT molecular complexity index is 1340. The number of carbonyl (C=O) groups is 4. The maximum Gasteiger partial charge on any atom is 0.338 e. The molecule has 0 aromatic heterocycles. The van der Waals surface area contributed by atoms with Crippen molar-refractivity contribution in [1.29, 1.82) is 0 Å². The van der Waals surface area contributed by atoms with Crippen molar-refractivity contribution in [3.8, 4) is 0 Å². The molecule has 0 radical (unpaired) electrons. The zero-order valence-corrected chi connectivity index (χ0v) is 26.2. The minimum atomic E-state index is -1.99. The molecule has 3 atom stereocenters. The van der Waals surface area contributed by atoms with Crippen molar-refractivity contribution >= 4 is 29.3 Å². The molecule has 0 spiro atoms. The monoisotopic (exact) mass is 605 g/mol. The average Bonchev–Trinajstić information content (AvgIpc) is 3.61. The van der Waals surface area contributed by atoms with Crippen LogP contribution in [-0.2, 0) is 43.2 Å². The van der Waals surface area contributed by atoms with Gasteiger partial charge in [0.25, 0.3) is 11.8 Å². The van der Waals surface area contributed by atoms with E-state index in [1.54, 1.807) is 20.8 Å². The Labute approximate surface area is 260 Å². The predicted molar refractivity (Wildman–Crippen MR) is 169 cm³/mol. The topological polar surface area (TPSA) is 157 Å². The maximum absolute atomic E-state index is 14.3. The van der Waals surface area contributed by atoms with Gasteiger partial charge in [-0.15, -0.1) is 0 Å². The van der Waals surface area contributed by atoms with E-state index in [1.807, 2.05) is 48.5 Å². The third kappa shape index (κ3) is 8.11. The Morgan fingerprint density at radius 2 is 1.77 bits per heavy atom. The quantitative estimate of drug-likeness (QED) is 0.200. The largest absolute Gasteiger partial charge is 0.458 e. The van der Waals surface area contributed by atoms with Gasteiger partial charge in [-0.05, 0) is 108 Å². The molecule has 2 aliphatic rings. The van der Waals surface area contributed by atoms with E-state index in [9.17, 15) is 19.2 Å². The van der Waals surface area contributed by atoms with Crippen molar-refractivity contribution in [3.63, 3.8) is 0 Å². The number of benzene rings is 2. The highest BCUT2D eigenvalue weighted by Gasteiger charge is 2.61. The van der Waals surface area contributed by atoms with Crippen LogP contribution in [0.5, 0.6) is 0 Å². The van der Waals surface area contributed by atoms with Crippen LogP contribution in [0.1, 0.15) is 76.0 Å². The standard InChI is InChI=1S/C34H47N5O5/c1-33(2,3)44-32(43)34(31(42)37-27-18-17-24-13-8-14-25(24)20-27)21-26(22-39(34)38-30(41)28(36)15-9-19-35)29(40)16-7-12-23-10-5-4-6-11-23/h4-6,10-11,17-18,20,26,28H,7-9,12-16,19,21-22,35-36H2,1-3H3,(H,37,42)(H,38,41)/t26-,28+,34+/m1/s1. The predicted octanol–water partition coefficient (Wildman–Crippen LogP) is 3.21. The maximum atomic E-state index is 14.3. The van der Waals surface area contributed by atoms with Crippen LogP contribution < -0.4 is 22.2 Å². The number of ketones is 1. The highest BCUT2D eigenvalue weighted by Crippen LogP contribution is 2.37. The Hall–Kier alpha value is -3.60. The number of Topliss-reactive ketones (excluding diaryl/α,β-unsaturated/α-hetero) is 1. The van der Waals surface area contributed by atoms with Crippen LogP contribution in [0.15, 0.2) is 48.5 Å². The van der Waals surface area contributed by atoms with E-state index in [-0.39, 0.29) is 25.2 Å². The number of aryl methyl sites for hydroxylation is 3. The lowest BCUT2D eigenvalue weighted by Gasteiger charge is -2.37. The van der Waals surface area contributed by atoms with Gasteiger partial charge in [0.15, 0.2) is 0 Å². The number of nitrogens with one attached hydrogen (secondary N) is 2. The van der Waals surface area contributed by atoms with Gasteiger partial charge in [0.05, 0.1) is 6.04 Å². The molecule has 0 unspecified atom stereocenters. The van der Waals surface area contributed by atoms with Gasteiger partial charge in [-0.3, -0.25) is 19.8 Å². The van der Waals surface area contributed by atoms with Gasteiger partial charge in [0.1, 0.15) is 11.4 Å². The fourth-order valence-corrected chi connectivity index (χ4v) is 6.01. The second-order valence-electron chi connectivity index (χ2n) is 13.0. The molecule has 10 nitrogen and oxygen atoms in total. The molecule has 1 fully saturated rings. The summed E-state index contributed by atoms with van der Waals surface area (Å²) in [6, 6.07) is 14.7. The molecular formula is C34H47N5O5. The van der Waals surface area contributed by atoms with Crippen LogP contribution >= 0.6 is 0 Å². The van der Waals surface area contributed by atoms with Crippen molar-refractivity contribution in [2.45, 2.75) is 95.7 Å². The Balaban J connectivity index is 1.63. The lowest BCUT2D eigenvalue weighted by Crippen LogP contribution is -2.66. The van der Waals surface area contributed by atoms with E-state index in [0.717, 1.165) is 36.8 Å². The van der Waals surface area contributed by atoms with Crippen molar-refractivity contribution in [2.24, 2.45) is 17.4 Å². The molecule has 44 heavy (non-hydrogen) atoms. The molecule has 10 heteroatoms. The first-order chi connectivity index (χ1) is 20.9. The second-order valence-corrected chi connectivity index (χ2v) is 13.0. The zero-order valence-electron chi connectivity index (χ0n) is 26.2. The molecule has 1 saturated heterocycles. The lowest BCUT2D eigenvalue weighted by atomic mass is 9.87. The average molecular weight is 606 g/mol. The second kappa shape index (κ2) is 14.5. The number of hydrazine groups is 1. The molecule has 2 aromatic carbocycles. The summed E-state index contributed by atoms with van der Waals surface area (Å²) >= 11 is 0. The number of rotatable bonds is 13. The van der Waals surface area contributed by atoms with Gasteiger partial charge in [-0.2, -0.15) is 5.01 Å². The van der Waals surface area contributed by atoms with Crippen LogP contribution in [0.2, 0.25) is 0 Å². The van der Waals surface area contributed by atoms with Crippen molar-refractivity contribution < 1.29 is 23.9 Å². The summed E-state index contributed by atoms with van der Waals surface area (Å²) in [5, 5.41) is 4.21. The molecule has 0 saturated carbocycles. The molecule has 1 aliphatic carbocycles. The number of anilines is 1.